The lowest BCUT2D eigenvalue weighted by molar-refractivity contribution is -0.137. The number of nitrogens with zero attached hydrogens (tertiary/aromatic N) is 1. The maximum Gasteiger partial charge on any atom is 0.323 e. The zero-order valence-electron chi connectivity index (χ0n) is 10.8. The lowest BCUT2D eigenvalue weighted by Crippen LogP contribution is -2.19. The van der Waals surface area contributed by atoms with E-state index in [-0.39, 0.29) is 18.1 Å². The molecule has 0 bridgehead atoms. The lowest BCUT2D eigenvalue weighted by Gasteiger charge is -2.09. The maximum absolute atomic E-state index is 12.1. The van der Waals surface area contributed by atoms with Crippen molar-refractivity contribution in [2.45, 2.75) is 13.5 Å². The number of nitrogens with one attached hydrogen (secondary N) is 1. The molecule has 0 saturated carbocycles. The van der Waals surface area contributed by atoms with Gasteiger partial charge in [0.25, 0.3) is 5.91 Å². The highest BCUT2D eigenvalue weighted by Crippen LogP contribution is 2.20. The summed E-state index contributed by atoms with van der Waals surface area (Å²) < 4.78 is 1.37. The van der Waals surface area contributed by atoms with Gasteiger partial charge in [-0.25, -0.2) is 0 Å². The third-order valence-corrected chi connectivity index (χ3v) is 3.20. The van der Waals surface area contributed by atoms with Crippen LogP contribution in [0, 0.1) is 6.92 Å². The van der Waals surface area contributed by atoms with Crippen LogP contribution in [0.1, 0.15) is 16.1 Å². The second-order valence-corrected chi connectivity index (χ2v) is 4.74. The molecule has 1 aromatic heterocycles. The molecular formula is C14H13ClN2O3. The third kappa shape index (κ3) is 3.19. The minimum absolute atomic E-state index is 0.260. The van der Waals surface area contributed by atoms with Gasteiger partial charge >= 0.3 is 5.97 Å². The first kappa shape index (κ1) is 14.1. The average molecular weight is 293 g/mol. The number of carbonyl (C=O) groups excluding carboxylic acids is 1. The van der Waals surface area contributed by atoms with Gasteiger partial charge in [0, 0.05) is 16.9 Å². The van der Waals surface area contributed by atoms with Crippen molar-refractivity contribution in [2.24, 2.45) is 0 Å². The van der Waals surface area contributed by atoms with Crippen LogP contribution in [0.4, 0.5) is 5.69 Å². The van der Waals surface area contributed by atoms with E-state index >= 15 is 0 Å². The van der Waals surface area contributed by atoms with Crippen LogP contribution in [0.25, 0.3) is 0 Å². The van der Waals surface area contributed by atoms with Crippen LogP contribution < -0.4 is 5.32 Å². The molecule has 0 atom stereocenters. The summed E-state index contributed by atoms with van der Waals surface area (Å²) >= 11 is 5.99. The van der Waals surface area contributed by atoms with Crippen molar-refractivity contribution in [1.29, 1.82) is 0 Å². The van der Waals surface area contributed by atoms with E-state index in [1.165, 1.54) is 4.57 Å². The number of carboxylic acids is 1. The Morgan fingerprint density at radius 2 is 2.10 bits per heavy atom. The van der Waals surface area contributed by atoms with Gasteiger partial charge in [0.15, 0.2) is 0 Å². The molecule has 20 heavy (non-hydrogen) atoms. The smallest absolute Gasteiger partial charge is 0.323 e. The molecule has 1 aromatic carbocycles. The second-order valence-electron chi connectivity index (χ2n) is 4.33. The number of carboxylic acid groups (broad SMARTS) is 1. The standard InChI is InChI=1S/C14H13ClN2O3/c1-9-4-5-10(7-11(9)15)16-14(20)12-3-2-6-17(12)8-13(18)19/h2-7H,8H2,1H3,(H,16,20)(H,18,19). The van der Waals surface area contributed by atoms with Gasteiger partial charge in [0.2, 0.25) is 0 Å². The summed E-state index contributed by atoms with van der Waals surface area (Å²) in [6.45, 7) is 1.61. The molecule has 2 aromatic rings. The fraction of sp³-hybridized carbons (Fsp3) is 0.143. The van der Waals surface area contributed by atoms with Crippen LogP contribution in [-0.2, 0) is 11.3 Å². The second kappa shape index (κ2) is 5.79. The summed E-state index contributed by atoms with van der Waals surface area (Å²) in [7, 11) is 0. The lowest BCUT2D eigenvalue weighted by atomic mass is 10.2. The van der Waals surface area contributed by atoms with E-state index in [0.717, 1.165) is 5.56 Å². The van der Waals surface area contributed by atoms with Crippen molar-refractivity contribution in [3.8, 4) is 0 Å². The Hall–Kier alpha value is -2.27. The summed E-state index contributed by atoms with van der Waals surface area (Å²) in [5.74, 6) is -1.38. The first-order chi connectivity index (χ1) is 9.47. The minimum atomic E-state index is -1.01. The van der Waals surface area contributed by atoms with E-state index in [0.29, 0.717) is 10.7 Å². The summed E-state index contributed by atoms with van der Waals surface area (Å²) in [6.07, 6.45) is 1.55. The van der Waals surface area contributed by atoms with Gasteiger partial charge in [-0.1, -0.05) is 17.7 Å². The monoisotopic (exact) mass is 292 g/mol. The normalized spacial score (nSPS) is 10.3. The molecule has 0 unspecified atom stereocenters. The molecule has 0 saturated heterocycles. The highest BCUT2D eigenvalue weighted by Gasteiger charge is 2.13. The number of carbonyl (C=O) groups is 2. The number of halogens is 1. The number of aromatic nitrogens is 1. The Bertz CT molecular complexity index is 664. The van der Waals surface area contributed by atoms with Crippen molar-refractivity contribution >= 4 is 29.2 Å². The molecule has 5 nitrogen and oxygen atoms in total. The Morgan fingerprint density at radius 3 is 2.75 bits per heavy atom. The highest BCUT2D eigenvalue weighted by molar-refractivity contribution is 6.31. The van der Waals surface area contributed by atoms with Crippen molar-refractivity contribution in [3.05, 3.63) is 52.8 Å². The number of aliphatic carboxylic acids is 1. The van der Waals surface area contributed by atoms with Crippen molar-refractivity contribution < 1.29 is 14.7 Å². The van der Waals surface area contributed by atoms with Gasteiger partial charge in [0.05, 0.1) is 0 Å². The van der Waals surface area contributed by atoms with Crippen LogP contribution in [0.15, 0.2) is 36.5 Å². The summed E-state index contributed by atoms with van der Waals surface area (Å²) in [5, 5.41) is 12.0. The Labute approximate surface area is 120 Å². The van der Waals surface area contributed by atoms with Crippen molar-refractivity contribution in [3.63, 3.8) is 0 Å². The number of amides is 1. The fourth-order valence-electron chi connectivity index (χ4n) is 1.77. The van der Waals surface area contributed by atoms with E-state index in [1.54, 1.807) is 36.5 Å². The molecule has 0 spiro atoms. The molecule has 0 aliphatic heterocycles. The molecule has 1 heterocycles. The molecule has 0 fully saturated rings. The Morgan fingerprint density at radius 1 is 1.35 bits per heavy atom. The number of hydrogen-bond acceptors (Lipinski definition) is 2. The zero-order valence-corrected chi connectivity index (χ0v) is 11.5. The van der Waals surface area contributed by atoms with E-state index in [2.05, 4.69) is 5.32 Å². The van der Waals surface area contributed by atoms with Gasteiger partial charge < -0.3 is 15.0 Å². The SMILES string of the molecule is Cc1ccc(NC(=O)c2cccn2CC(=O)O)cc1Cl. The summed E-state index contributed by atoms with van der Waals surface area (Å²) in [4.78, 5) is 22.8. The molecule has 6 heteroatoms. The fourth-order valence-corrected chi connectivity index (χ4v) is 1.95. The molecule has 2 N–H and O–H groups in total. The van der Waals surface area contributed by atoms with Gasteiger partial charge in [-0.2, -0.15) is 0 Å². The predicted molar refractivity (Wildman–Crippen MR) is 76.2 cm³/mol. The van der Waals surface area contributed by atoms with E-state index < -0.39 is 5.97 Å². The number of anilines is 1. The van der Waals surface area contributed by atoms with Crippen LogP contribution in [0.3, 0.4) is 0 Å². The van der Waals surface area contributed by atoms with E-state index in [4.69, 9.17) is 16.7 Å². The van der Waals surface area contributed by atoms with Crippen molar-refractivity contribution in [2.75, 3.05) is 5.32 Å². The van der Waals surface area contributed by atoms with Crippen molar-refractivity contribution in [1.82, 2.24) is 4.57 Å². The molecule has 0 radical (unpaired) electrons. The quantitative estimate of drug-likeness (QED) is 0.910. The van der Waals surface area contributed by atoms with Crippen LogP contribution in [0.5, 0.6) is 0 Å². The summed E-state index contributed by atoms with van der Waals surface area (Å²) in [6, 6.07) is 8.38. The van der Waals surface area contributed by atoms with Crippen LogP contribution in [0.2, 0.25) is 5.02 Å². The van der Waals surface area contributed by atoms with E-state index in [9.17, 15) is 9.59 Å². The number of hydrogen-bond donors (Lipinski definition) is 2. The molecule has 0 aliphatic carbocycles. The number of benzene rings is 1. The molecule has 104 valence electrons. The molecule has 2 rings (SSSR count). The summed E-state index contributed by atoms with van der Waals surface area (Å²) in [5.41, 5.74) is 1.76. The largest absolute Gasteiger partial charge is 0.480 e. The first-order valence-electron chi connectivity index (χ1n) is 5.92. The molecule has 0 aliphatic rings. The topological polar surface area (TPSA) is 71.3 Å². The first-order valence-corrected chi connectivity index (χ1v) is 6.29. The molecule has 1 amide bonds. The van der Waals surface area contributed by atoms with Gasteiger partial charge in [-0.3, -0.25) is 9.59 Å². The number of rotatable bonds is 4. The van der Waals surface area contributed by atoms with Gasteiger partial charge in [0.1, 0.15) is 12.2 Å². The maximum atomic E-state index is 12.1. The molecular weight excluding hydrogens is 280 g/mol. The van der Waals surface area contributed by atoms with Crippen LogP contribution in [-0.4, -0.2) is 21.6 Å². The Kier molecular flexibility index (Phi) is 4.10. The minimum Gasteiger partial charge on any atom is -0.480 e. The number of aryl methyl sites for hydroxylation is 1. The predicted octanol–water partition coefficient (Wildman–Crippen LogP) is 2.79. The van der Waals surface area contributed by atoms with Crippen LogP contribution >= 0.6 is 11.6 Å². The third-order valence-electron chi connectivity index (χ3n) is 2.80. The van der Waals surface area contributed by atoms with E-state index in [1.807, 2.05) is 6.92 Å². The van der Waals surface area contributed by atoms with Gasteiger partial charge in [-0.15, -0.1) is 0 Å². The highest BCUT2D eigenvalue weighted by atomic mass is 35.5. The van der Waals surface area contributed by atoms with Gasteiger partial charge in [-0.05, 0) is 36.8 Å². The Balaban J connectivity index is 2.17. The zero-order chi connectivity index (χ0) is 14.7. The average Bonchev–Trinajstić information content (AvgIpc) is 2.81.